The second-order valence-corrected chi connectivity index (χ2v) is 11.5. The minimum Gasteiger partial charge on any atom is -0.378 e. The third-order valence-electron chi connectivity index (χ3n) is 7.08. The van der Waals surface area contributed by atoms with E-state index in [-0.39, 0.29) is 0 Å². The topological polar surface area (TPSA) is 106 Å². The number of thiazole rings is 1. The molecule has 0 radical (unpaired) electrons. The molecule has 1 aliphatic heterocycles. The van der Waals surface area contributed by atoms with Crippen molar-refractivity contribution >= 4 is 33.6 Å². The lowest BCUT2D eigenvalue weighted by Gasteiger charge is -2.29. The van der Waals surface area contributed by atoms with E-state index in [1.54, 1.807) is 17.5 Å². The quantitative estimate of drug-likeness (QED) is 0.221. The van der Waals surface area contributed by atoms with Gasteiger partial charge in [0.2, 0.25) is 17.7 Å². The van der Waals surface area contributed by atoms with Crippen molar-refractivity contribution in [3.63, 3.8) is 0 Å². The molecule has 2 aromatic carbocycles. The Bertz CT molecular complexity index is 1840. The third kappa shape index (κ3) is 5.36. The van der Waals surface area contributed by atoms with Gasteiger partial charge in [0.25, 0.3) is 0 Å². The van der Waals surface area contributed by atoms with Crippen LogP contribution >= 0.6 is 11.3 Å². The third-order valence-corrected chi connectivity index (χ3v) is 7.84. The molecule has 212 valence electrons. The first-order valence-electron chi connectivity index (χ1n) is 14.0. The summed E-state index contributed by atoms with van der Waals surface area (Å²) >= 11 is 1.58. The summed E-state index contributed by atoms with van der Waals surface area (Å²) in [4.78, 5) is 22.3. The van der Waals surface area contributed by atoms with Crippen LogP contribution in [0.4, 0.5) is 17.3 Å². The molecule has 42 heavy (non-hydrogen) atoms. The summed E-state index contributed by atoms with van der Waals surface area (Å²) in [7, 11) is 0. The molecule has 10 nitrogen and oxygen atoms in total. The maximum Gasteiger partial charge on any atom is 0.227 e. The van der Waals surface area contributed by atoms with Crippen LogP contribution in [0.2, 0.25) is 0 Å². The van der Waals surface area contributed by atoms with E-state index in [1.807, 2.05) is 48.0 Å². The number of nitrogens with one attached hydrogen (secondary N) is 1. The van der Waals surface area contributed by atoms with Gasteiger partial charge in [-0.1, -0.05) is 43.3 Å². The number of hydrogen-bond donors (Lipinski definition) is 1. The molecule has 1 fully saturated rings. The summed E-state index contributed by atoms with van der Waals surface area (Å²) in [5, 5.41) is 9.65. The van der Waals surface area contributed by atoms with Gasteiger partial charge in [-0.15, -0.1) is 11.3 Å². The van der Waals surface area contributed by atoms with Crippen molar-refractivity contribution in [1.82, 2.24) is 29.5 Å². The van der Waals surface area contributed by atoms with Crippen molar-refractivity contribution in [3.8, 4) is 34.0 Å². The highest BCUT2D eigenvalue weighted by atomic mass is 32.1. The normalized spacial score (nSPS) is 13.7. The Labute approximate surface area is 247 Å². The number of aromatic nitrogens is 6. The van der Waals surface area contributed by atoms with Crippen LogP contribution in [0.15, 0.2) is 76.9 Å². The molecule has 1 N–H and O–H groups in total. The SMILES string of the molecule is CC(C)Cc1nc(-c2cccc(-c3nc4sccn4c3-c3ccnc(Nc4cccc(N5CCOCC5)c4)n3)c2)no1. The molecule has 0 amide bonds. The second-order valence-electron chi connectivity index (χ2n) is 10.6. The highest BCUT2D eigenvalue weighted by Gasteiger charge is 2.20. The molecule has 0 saturated carbocycles. The minimum absolute atomic E-state index is 0.437. The zero-order chi connectivity index (χ0) is 28.5. The number of benzene rings is 2. The summed E-state index contributed by atoms with van der Waals surface area (Å²) in [6, 6.07) is 18.3. The van der Waals surface area contributed by atoms with E-state index in [1.165, 1.54) is 0 Å². The molecule has 5 heterocycles. The average molecular weight is 579 g/mol. The van der Waals surface area contributed by atoms with Gasteiger partial charge in [-0.3, -0.25) is 4.40 Å². The Morgan fingerprint density at radius 2 is 1.83 bits per heavy atom. The van der Waals surface area contributed by atoms with E-state index in [2.05, 4.69) is 61.8 Å². The van der Waals surface area contributed by atoms with Crippen molar-refractivity contribution in [1.29, 1.82) is 0 Å². The highest BCUT2D eigenvalue weighted by Crippen LogP contribution is 2.35. The average Bonchev–Trinajstić information content (AvgIpc) is 3.75. The lowest BCUT2D eigenvalue weighted by Crippen LogP contribution is -2.36. The monoisotopic (exact) mass is 578 g/mol. The second kappa shape index (κ2) is 11.3. The Balaban J connectivity index is 1.22. The molecule has 11 heteroatoms. The number of nitrogens with zero attached hydrogens (tertiary/aromatic N) is 7. The standard InChI is InChI=1S/C31H30N8O2S/c1-20(2)17-26-35-29(37-41-26)22-6-3-5-21(18-22)27-28(39-13-16-42-31(39)36-27)25-9-10-32-30(34-25)33-23-7-4-8-24(19-23)38-11-14-40-15-12-38/h3-10,13,16,18-20H,11-12,14-15,17H2,1-2H3,(H,32,33,34). The van der Waals surface area contributed by atoms with Crippen LogP contribution in [0, 0.1) is 5.92 Å². The van der Waals surface area contributed by atoms with Gasteiger partial charge in [-0.25, -0.2) is 15.0 Å². The molecule has 6 aromatic rings. The number of rotatable bonds is 8. The van der Waals surface area contributed by atoms with E-state index >= 15 is 0 Å². The molecule has 0 atom stereocenters. The van der Waals surface area contributed by atoms with Crippen molar-refractivity contribution < 1.29 is 9.26 Å². The molecule has 0 bridgehead atoms. The Kier molecular flexibility index (Phi) is 7.10. The zero-order valence-electron chi connectivity index (χ0n) is 23.4. The number of morpholine rings is 1. The summed E-state index contributed by atoms with van der Waals surface area (Å²) in [6.07, 6.45) is 4.54. The van der Waals surface area contributed by atoms with Gasteiger partial charge < -0.3 is 19.5 Å². The van der Waals surface area contributed by atoms with Crippen molar-refractivity contribution in [2.45, 2.75) is 20.3 Å². The van der Waals surface area contributed by atoms with Crippen LogP contribution in [0.3, 0.4) is 0 Å². The molecule has 0 aliphatic carbocycles. The van der Waals surface area contributed by atoms with Gasteiger partial charge in [0, 0.05) is 59.8 Å². The van der Waals surface area contributed by atoms with E-state index in [0.29, 0.717) is 23.6 Å². The van der Waals surface area contributed by atoms with Crippen molar-refractivity contribution in [3.05, 3.63) is 78.3 Å². The summed E-state index contributed by atoms with van der Waals surface area (Å²) in [5.41, 5.74) is 6.38. The maximum atomic E-state index is 5.51. The number of ether oxygens (including phenoxy) is 1. The fourth-order valence-electron chi connectivity index (χ4n) is 5.12. The highest BCUT2D eigenvalue weighted by molar-refractivity contribution is 7.15. The molecule has 4 aromatic heterocycles. The number of hydrogen-bond acceptors (Lipinski definition) is 10. The molecule has 0 unspecified atom stereocenters. The zero-order valence-corrected chi connectivity index (χ0v) is 24.2. The van der Waals surface area contributed by atoms with Crippen LogP contribution in [0.1, 0.15) is 19.7 Å². The molecule has 1 aliphatic rings. The van der Waals surface area contributed by atoms with Crippen LogP contribution in [-0.4, -0.2) is 55.8 Å². The first-order chi connectivity index (χ1) is 20.6. The molecule has 1 saturated heterocycles. The van der Waals surface area contributed by atoms with Gasteiger partial charge in [0.05, 0.1) is 24.6 Å². The lowest BCUT2D eigenvalue weighted by molar-refractivity contribution is 0.122. The Morgan fingerprint density at radius 1 is 0.976 bits per heavy atom. The van der Waals surface area contributed by atoms with Crippen LogP contribution < -0.4 is 10.2 Å². The predicted octanol–water partition coefficient (Wildman–Crippen LogP) is 6.35. The van der Waals surface area contributed by atoms with Gasteiger partial charge in [0.15, 0.2) is 4.96 Å². The Morgan fingerprint density at radius 3 is 2.71 bits per heavy atom. The van der Waals surface area contributed by atoms with E-state index < -0.39 is 0 Å². The first-order valence-corrected chi connectivity index (χ1v) is 14.9. The van der Waals surface area contributed by atoms with Gasteiger partial charge >= 0.3 is 0 Å². The smallest absolute Gasteiger partial charge is 0.227 e. The lowest BCUT2D eigenvalue weighted by atomic mass is 10.0. The van der Waals surface area contributed by atoms with Crippen molar-refractivity contribution in [2.75, 3.05) is 36.5 Å². The number of anilines is 3. The van der Waals surface area contributed by atoms with E-state index in [4.69, 9.17) is 19.2 Å². The molecule has 0 spiro atoms. The van der Waals surface area contributed by atoms with Crippen LogP contribution in [0.5, 0.6) is 0 Å². The Hall–Kier alpha value is -4.61. The minimum atomic E-state index is 0.437. The van der Waals surface area contributed by atoms with Gasteiger partial charge in [-0.05, 0) is 36.2 Å². The summed E-state index contributed by atoms with van der Waals surface area (Å²) in [6.45, 7) is 7.50. The number of fused-ring (bicyclic) bond motifs is 1. The fraction of sp³-hybridized carbons (Fsp3) is 0.258. The van der Waals surface area contributed by atoms with Gasteiger partial charge in [-0.2, -0.15) is 4.98 Å². The predicted molar refractivity (Wildman–Crippen MR) is 164 cm³/mol. The molecular weight excluding hydrogens is 548 g/mol. The van der Waals surface area contributed by atoms with Crippen LogP contribution in [0.25, 0.3) is 39.0 Å². The molecular formula is C31H30N8O2S. The van der Waals surface area contributed by atoms with E-state index in [9.17, 15) is 0 Å². The maximum absolute atomic E-state index is 5.51. The van der Waals surface area contributed by atoms with Crippen LogP contribution in [-0.2, 0) is 11.2 Å². The first kappa shape index (κ1) is 26.3. The van der Waals surface area contributed by atoms with Gasteiger partial charge in [0.1, 0.15) is 5.69 Å². The molecule has 7 rings (SSSR count). The number of imidazole rings is 1. The van der Waals surface area contributed by atoms with E-state index in [0.717, 1.165) is 77.3 Å². The summed E-state index contributed by atoms with van der Waals surface area (Å²) in [5.74, 6) is 2.17. The van der Waals surface area contributed by atoms with Crippen molar-refractivity contribution in [2.24, 2.45) is 5.92 Å². The largest absolute Gasteiger partial charge is 0.378 e. The fourth-order valence-corrected chi connectivity index (χ4v) is 5.84. The summed E-state index contributed by atoms with van der Waals surface area (Å²) < 4.78 is 13.1.